The van der Waals surface area contributed by atoms with E-state index in [1.807, 2.05) is 30.3 Å². The molecule has 1 aliphatic rings. The van der Waals surface area contributed by atoms with Crippen molar-refractivity contribution in [2.24, 2.45) is 11.5 Å². The van der Waals surface area contributed by atoms with Gasteiger partial charge >= 0.3 is 0 Å². The number of nitrogens with two attached hydrogens (primary N) is 2. The molecule has 0 atom stereocenters. The van der Waals surface area contributed by atoms with Gasteiger partial charge in [-0.2, -0.15) is 5.26 Å². The first-order valence-corrected chi connectivity index (χ1v) is 12.7. The molecule has 190 valence electrons. The van der Waals surface area contributed by atoms with Crippen LogP contribution in [0, 0.1) is 11.3 Å². The van der Waals surface area contributed by atoms with Crippen LogP contribution in [0.2, 0.25) is 0 Å². The molecule has 0 spiro atoms. The summed E-state index contributed by atoms with van der Waals surface area (Å²) < 4.78 is 7.56. The SMILES string of the molecule is C=C(CN)n1cc(CCCCN2CCN(c3ccc4oc(C(N)=O)cc4c3)CC2)c2cc(C#N)ccc21. The maximum absolute atomic E-state index is 11.4. The highest BCUT2D eigenvalue weighted by molar-refractivity contribution is 5.95. The minimum Gasteiger partial charge on any atom is -0.451 e. The number of benzene rings is 2. The molecule has 3 heterocycles. The van der Waals surface area contributed by atoms with E-state index in [-0.39, 0.29) is 5.76 Å². The number of carbonyl (C=O) groups is 1. The molecular weight excluding hydrogens is 464 g/mol. The van der Waals surface area contributed by atoms with Crippen LogP contribution in [0.25, 0.3) is 27.6 Å². The van der Waals surface area contributed by atoms with E-state index in [1.165, 1.54) is 5.56 Å². The van der Waals surface area contributed by atoms with Crippen LogP contribution in [0.3, 0.4) is 0 Å². The van der Waals surface area contributed by atoms with Crippen LogP contribution in [-0.4, -0.2) is 54.6 Å². The van der Waals surface area contributed by atoms with Crippen molar-refractivity contribution in [2.75, 3.05) is 44.2 Å². The molecule has 4 aromatic rings. The summed E-state index contributed by atoms with van der Waals surface area (Å²) in [5.41, 5.74) is 16.8. The van der Waals surface area contributed by atoms with E-state index >= 15 is 0 Å². The van der Waals surface area contributed by atoms with E-state index < -0.39 is 5.91 Å². The normalized spacial score (nSPS) is 14.3. The molecule has 1 amide bonds. The summed E-state index contributed by atoms with van der Waals surface area (Å²) in [4.78, 5) is 16.3. The summed E-state index contributed by atoms with van der Waals surface area (Å²) in [5.74, 6) is -0.360. The van der Waals surface area contributed by atoms with Gasteiger partial charge in [-0.15, -0.1) is 0 Å². The maximum atomic E-state index is 11.4. The number of fused-ring (bicyclic) bond motifs is 2. The van der Waals surface area contributed by atoms with Gasteiger partial charge < -0.3 is 25.4 Å². The number of hydrogen-bond acceptors (Lipinski definition) is 6. The van der Waals surface area contributed by atoms with Gasteiger partial charge in [0.05, 0.1) is 17.1 Å². The molecule has 1 saturated heterocycles. The Morgan fingerprint density at radius 1 is 1.08 bits per heavy atom. The van der Waals surface area contributed by atoms with E-state index in [2.05, 4.69) is 39.3 Å². The fraction of sp³-hybridized carbons (Fsp3) is 0.310. The van der Waals surface area contributed by atoms with Crippen LogP contribution in [0.1, 0.15) is 34.5 Å². The van der Waals surface area contributed by atoms with Crippen LogP contribution in [-0.2, 0) is 6.42 Å². The van der Waals surface area contributed by atoms with E-state index in [4.69, 9.17) is 15.9 Å². The molecule has 1 aliphatic heterocycles. The number of nitrogens with zero attached hydrogens (tertiary/aromatic N) is 4. The Hall–Kier alpha value is -4.06. The highest BCUT2D eigenvalue weighted by atomic mass is 16.3. The molecule has 5 rings (SSSR count). The number of aryl methyl sites for hydroxylation is 1. The summed E-state index contributed by atoms with van der Waals surface area (Å²) in [6.45, 7) is 9.48. The molecule has 8 heteroatoms. The molecule has 2 aromatic carbocycles. The largest absolute Gasteiger partial charge is 0.451 e. The lowest BCUT2D eigenvalue weighted by molar-refractivity contribution is 0.0976. The smallest absolute Gasteiger partial charge is 0.284 e. The second-order valence-corrected chi connectivity index (χ2v) is 9.62. The van der Waals surface area contributed by atoms with Crippen molar-refractivity contribution in [3.8, 4) is 6.07 Å². The molecule has 0 radical (unpaired) electrons. The molecule has 0 aliphatic carbocycles. The fourth-order valence-corrected chi connectivity index (χ4v) is 5.16. The predicted molar refractivity (Wildman–Crippen MR) is 147 cm³/mol. The molecule has 2 aromatic heterocycles. The number of rotatable bonds is 9. The Labute approximate surface area is 216 Å². The topological polar surface area (TPSA) is 117 Å². The molecule has 8 nitrogen and oxygen atoms in total. The zero-order chi connectivity index (χ0) is 25.9. The zero-order valence-corrected chi connectivity index (χ0v) is 20.9. The van der Waals surface area contributed by atoms with Gasteiger partial charge in [-0.25, -0.2) is 0 Å². The number of nitriles is 1. The third-order valence-corrected chi connectivity index (χ3v) is 7.24. The summed E-state index contributed by atoms with van der Waals surface area (Å²) in [5, 5.41) is 11.3. The molecule has 0 saturated carbocycles. The van der Waals surface area contributed by atoms with Gasteiger partial charge in [-0.1, -0.05) is 6.58 Å². The fourth-order valence-electron chi connectivity index (χ4n) is 5.16. The maximum Gasteiger partial charge on any atom is 0.284 e. The average molecular weight is 497 g/mol. The van der Waals surface area contributed by atoms with Crippen molar-refractivity contribution in [3.63, 3.8) is 0 Å². The molecule has 0 unspecified atom stereocenters. The molecule has 0 bridgehead atoms. The first-order chi connectivity index (χ1) is 18.0. The van der Waals surface area contributed by atoms with Crippen molar-refractivity contribution in [1.29, 1.82) is 5.26 Å². The Morgan fingerprint density at radius 3 is 2.62 bits per heavy atom. The number of carbonyl (C=O) groups excluding carboxylic acids is 1. The third-order valence-electron chi connectivity index (χ3n) is 7.24. The molecule has 37 heavy (non-hydrogen) atoms. The van der Waals surface area contributed by atoms with Crippen molar-refractivity contribution in [1.82, 2.24) is 9.47 Å². The first-order valence-electron chi connectivity index (χ1n) is 12.7. The second-order valence-electron chi connectivity index (χ2n) is 9.62. The third kappa shape index (κ3) is 5.10. The van der Waals surface area contributed by atoms with E-state index in [9.17, 15) is 10.1 Å². The number of amides is 1. The van der Waals surface area contributed by atoms with Gasteiger partial charge in [-0.05, 0) is 73.8 Å². The summed E-state index contributed by atoms with van der Waals surface area (Å²) in [6.07, 6.45) is 5.26. The van der Waals surface area contributed by atoms with Crippen LogP contribution in [0.5, 0.6) is 0 Å². The first kappa shape index (κ1) is 24.6. The minimum atomic E-state index is -0.551. The second kappa shape index (κ2) is 10.5. The highest BCUT2D eigenvalue weighted by Crippen LogP contribution is 2.28. The van der Waals surface area contributed by atoms with Crippen molar-refractivity contribution < 1.29 is 9.21 Å². The number of hydrogen-bond donors (Lipinski definition) is 2. The van der Waals surface area contributed by atoms with Crippen molar-refractivity contribution >= 4 is 39.2 Å². The van der Waals surface area contributed by atoms with Crippen molar-refractivity contribution in [2.45, 2.75) is 19.3 Å². The Balaban J connectivity index is 1.15. The van der Waals surface area contributed by atoms with Crippen LogP contribution >= 0.6 is 0 Å². The highest BCUT2D eigenvalue weighted by Gasteiger charge is 2.18. The predicted octanol–water partition coefficient (Wildman–Crippen LogP) is 3.93. The molecule has 1 fully saturated rings. The Morgan fingerprint density at radius 2 is 1.89 bits per heavy atom. The quantitative estimate of drug-likeness (QED) is 0.339. The summed E-state index contributed by atoms with van der Waals surface area (Å²) in [6, 6.07) is 15.8. The summed E-state index contributed by atoms with van der Waals surface area (Å²) in [7, 11) is 0. The Kier molecular flexibility index (Phi) is 6.99. The lowest BCUT2D eigenvalue weighted by Crippen LogP contribution is -2.46. The number of primary amides is 1. The van der Waals surface area contributed by atoms with E-state index in [0.717, 1.165) is 79.7 Å². The lowest BCUT2D eigenvalue weighted by Gasteiger charge is -2.36. The van der Waals surface area contributed by atoms with Gasteiger partial charge in [0.25, 0.3) is 5.91 Å². The van der Waals surface area contributed by atoms with Gasteiger partial charge in [0.1, 0.15) is 5.58 Å². The lowest BCUT2D eigenvalue weighted by atomic mass is 10.0. The van der Waals surface area contributed by atoms with Gasteiger partial charge in [0.2, 0.25) is 0 Å². The Bertz CT molecular complexity index is 1500. The van der Waals surface area contributed by atoms with Gasteiger partial charge in [-0.3, -0.25) is 9.69 Å². The number of aromatic nitrogens is 1. The monoisotopic (exact) mass is 496 g/mol. The van der Waals surface area contributed by atoms with Crippen LogP contribution in [0.4, 0.5) is 5.69 Å². The van der Waals surface area contributed by atoms with Crippen LogP contribution < -0.4 is 16.4 Å². The minimum absolute atomic E-state index is 0.191. The average Bonchev–Trinajstić information content (AvgIpc) is 3.52. The molecule has 4 N–H and O–H groups in total. The summed E-state index contributed by atoms with van der Waals surface area (Å²) >= 11 is 0. The standard InChI is InChI=1S/C29H32N6O2/c1-20(17-30)35-19-22(25-14-21(18-31)5-7-26(25)35)4-2-3-9-33-10-12-34(13-11-33)24-6-8-27-23(15-24)16-28(37-27)29(32)36/h5-8,14-16,19H,1-4,9-13,17,30H2,(H2,32,36). The zero-order valence-electron chi connectivity index (χ0n) is 20.9. The van der Waals surface area contributed by atoms with Gasteiger partial charge in [0.15, 0.2) is 5.76 Å². The van der Waals surface area contributed by atoms with Crippen LogP contribution in [0.15, 0.2) is 59.7 Å². The van der Waals surface area contributed by atoms with E-state index in [1.54, 1.807) is 6.07 Å². The number of piperazine rings is 1. The number of anilines is 1. The number of unbranched alkanes of at least 4 members (excludes halogenated alkanes) is 1. The van der Waals surface area contributed by atoms with Gasteiger partial charge in [0, 0.05) is 61.1 Å². The van der Waals surface area contributed by atoms with Crippen molar-refractivity contribution in [3.05, 3.63) is 72.1 Å². The molecular formula is C29H32N6O2. The number of furan rings is 1. The van der Waals surface area contributed by atoms with E-state index in [0.29, 0.717) is 17.7 Å².